The first-order valence-electron chi connectivity index (χ1n) is 5.92. The maximum absolute atomic E-state index is 12.4. The number of nitrogens with one attached hydrogen (secondary N) is 1. The number of halogens is 1. The molecule has 0 heterocycles. The zero-order valence-electron chi connectivity index (χ0n) is 10.8. The summed E-state index contributed by atoms with van der Waals surface area (Å²) in [7, 11) is -3.73. The minimum Gasteiger partial charge on any atom is -0.392 e. The quantitative estimate of drug-likeness (QED) is 0.885. The van der Waals surface area contributed by atoms with Crippen LogP contribution in [0.5, 0.6) is 0 Å². The summed E-state index contributed by atoms with van der Waals surface area (Å²) in [6.07, 6.45) is 0. The summed E-state index contributed by atoms with van der Waals surface area (Å²) in [6, 6.07) is 11.7. The van der Waals surface area contributed by atoms with E-state index in [1.807, 2.05) is 13.0 Å². The van der Waals surface area contributed by atoms with Gasteiger partial charge in [-0.1, -0.05) is 40.2 Å². The van der Waals surface area contributed by atoms with Crippen molar-refractivity contribution in [2.75, 3.05) is 4.72 Å². The third-order valence-corrected chi connectivity index (χ3v) is 5.27. The number of aliphatic hydroxyl groups excluding tert-OH is 1. The lowest BCUT2D eigenvalue weighted by Gasteiger charge is -2.13. The fourth-order valence-electron chi connectivity index (χ4n) is 1.81. The Labute approximate surface area is 126 Å². The average Bonchev–Trinajstić information content (AvgIpc) is 2.43. The third-order valence-electron chi connectivity index (χ3n) is 2.94. The summed E-state index contributed by atoms with van der Waals surface area (Å²) in [5, 5.41) is 9.25. The van der Waals surface area contributed by atoms with E-state index in [0.29, 0.717) is 11.3 Å². The van der Waals surface area contributed by atoms with Crippen molar-refractivity contribution in [2.24, 2.45) is 0 Å². The van der Waals surface area contributed by atoms with Gasteiger partial charge in [0.05, 0.1) is 17.2 Å². The molecule has 0 unspecified atom stereocenters. The molecule has 0 aliphatic heterocycles. The fourth-order valence-corrected chi connectivity index (χ4v) is 3.54. The van der Waals surface area contributed by atoms with Gasteiger partial charge < -0.3 is 5.11 Å². The Hall–Kier alpha value is -1.37. The van der Waals surface area contributed by atoms with Gasteiger partial charge >= 0.3 is 0 Å². The van der Waals surface area contributed by atoms with Gasteiger partial charge in [-0.05, 0) is 36.2 Å². The standard InChI is InChI=1S/C14H14BrNO3S/c1-10-12(15)6-4-7-13(10)16-20(18,19)14-8-3-2-5-11(14)9-17/h2-8,16-17H,9H2,1H3. The lowest BCUT2D eigenvalue weighted by molar-refractivity contribution is 0.278. The van der Waals surface area contributed by atoms with E-state index in [4.69, 9.17) is 0 Å². The van der Waals surface area contributed by atoms with Crippen LogP contribution >= 0.6 is 15.9 Å². The topological polar surface area (TPSA) is 66.4 Å². The van der Waals surface area contributed by atoms with Gasteiger partial charge in [-0.2, -0.15) is 0 Å². The molecule has 2 rings (SSSR count). The van der Waals surface area contributed by atoms with E-state index in [9.17, 15) is 13.5 Å². The molecule has 106 valence electrons. The Morgan fingerprint density at radius 3 is 2.55 bits per heavy atom. The minimum atomic E-state index is -3.73. The molecule has 2 N–H and O–H groups in total. The smallest absolute Gasteiger partial charge is 0.262 e. The van der Waals surface area contributed by atoms with Gasteiger partial charge in [0, 0.05) is 4.47 Å². The highest BCUT2D eigenvalue weighted by Crippen LogP contribution is 2.26. The number of hydrogen-bond acceptors (Lipinski definition) is 3. The zero-order chi connectivity index (χ0) is 14.8. The number of hydrogen-bond donors (Lipinski definition) is 2. The molecule has 0 saturated carbocycles. The van der Waals surface area contributed by atoms with Gasteiger partial charge in [-0.25, -0.2) is 8.42 Å². The van der Waals surface area contributed by atoms with Crippen molar-refractivity contribution in [3.63, 3.8) is 0 Å². The highest BCUT2D eigenvalue weighted by molar-refractivity contribution is 9.10. The Kier molecular flexibility index (Phi) is 4.47. The molecule has 2 aromatic carbocycles. The second-order valence-corrected chi connectivity index (χ2v) is 6.79. The van der Waals surface area contributed by atoms with Crippen LogP contribution in [-0.2, 0) is 16.6 Å². The van der Waals surface area contributed by atoms with E-state index in [0.717, 1.165) is 10.0 Å². The number of aliphatic hydroxyl groups is 1. The Balaban J connectivity index is 2.44. The minimum absolute atomic E-state index is 0.0851. The van der Waals surface area contributed by atoms with Crippen LogP contribution in [0.25, 0.3) is 0 Å². The molecule has 0 saturated heterocycles. The molecule has 0 atom stereocenters. The first-order chi connectivity index (χ1) is 9.45. The number of rotatable bonds is 4. The number of benzene rings is 2. The van der Waals surface area contributed by atoms with E-state index in [1.54, 1.807) is 30.3 Å². The summed E-state index contributed by atoms with van der Waals surface area (Å²) >= 11 is 3.36. The molecule has 4 nitrogen and oxygen atoms in total. The number of sulfonamides is 1. The van der Waals surface area contributed by atoms with E-state index >= 15 is 0 Å². The van der Waals surface area contributed by atoms with Crippen LogP contribution < -0.4 is 4.72 Å². The van der Waals surface area contributed by atoms with Crippen LogP contribution in [-0.4, -0.2) is 13.5 Å². The van der Waals surface area contributed by atoms with Crippen molar-refractivity contribution in [3.05, 3.63) is 58.1 Å². The molecule has 0 spiro atoms. The fraction of sp³-hybridized carbons (Fsp3) is 0.143. The van der Waals surface area contributed by atoms with Gasteiger partial charge in [0.25, 0.3) is 10.0 Å². The van der Waals surface area contributed by atoms with Gasteiger partial charge in [0.1, 0.15) is 0 Å². The van der Waals surface area contributed by atoms with Gasteiger partial charge in [-0.15, -0.1) is 0 Å². The van der Waals surface area contributed by atoms with Crippen molar-refractivity contribution < 1.29 is 13.5 Å². The highest BCUT2D eigenvalue weighted by Gasteiger charge is 2.18. The number of anilines is 1. The van der Waals surface area contributed by atoms with Gasteiger partial charge in [0.2, 0.25) is 0 Å². The van der Waals surface area contributed by atoms with Crippen LogP contribution in [0.4, 0.5) is 5.69 Å². The SMILES string of the molecule is Cc1c(Br)cccc1NS(=O)(=O)c1ccccc1CO. The molecule has 20 heavy (non-hydrogen) atoms. The lowest BCUT2D eigenvalue weighted by Crippen LogP contribution is -2.15. The van der Waals surface area contributed by atoms with Crippen LogP contribution in [0.15, 0.2) is 51.8 Å². The van der Waals surface area contributed by atoms with Crippen molar-refractivity contribution in [3.8, 4) is 0 Å². The zero-order valence-corrected chi connectivity index (χ0v) is 13.2. The molecule has 0 aliphatic carbocycles. The molecular weight excluding hydrogens is 342 g/mol. The van der Waals surface area contributed by atoms with Crippen LogP contribution in [0.3, 0.4) is 0 Å². The molecule has 0 radical (unpaired) electrons. The lowest BCUT2D eigenvalue weighted by atomic mass is 10.2. The molecule has 0 fully saturated rings. The molecule has 0 aromatic heterocycles. The maximum atomic E-state index is 12.4. The normalized spacial score (nSPS) is 11.3. The Morgan fingerprint density at radius 1 is 1.15 bits per heavy atom. The molecule has 0 amide bonds. The third kappa shape index (κ3) is 3.03. The molecule has 2 aromatic rings. The van der Waals surface area contributed by atoms with Crippen molar-refractivity contribution in [1.82, 2.24) is 0 Å². The highest BCUT2D eigenvalue weighted by atomic mass is 79.9. The average molecular weight is 356 g/mol. The molecule has 6 heteroatoms. The van der Waals surface area contributed by atoms with Crippen LogP contribution in [0.2, 0.25) is 0 Å². The summed E-state index contributed by atoms with van der Waals surface area (Å²) < 4.78 is 28.2. The van der Waals surface area contributed by atoms with Crippen LogP contribution in [0.1, 0.15) is 11.1 Å². The Bertz CT molecular complexity index is 729. The van der Waals surface area contributed by atoms with Crippen molar-refractivity contribution >= 4 is 31.6 Å². The van der Waals surface area contributed by atoms with Crippen molar-refractivity contribution in [2.45, 2.75) is 18.4 Å². The molecular formula is C14H14BrNO3S. The summed E-state index contributed by atoms with van der Waals surface area (Å²) in [5.74, 6) is 0. The summed E-state index contributed by atoms with van der Waals surface area (Å²) in [6.45, 7) is 1.49. The predicted molar refractivity (Wildman–Crippen MR) is 82.1 cm³/mol. The van der Waals surface area contributed by atoms with Crippen LogP contribution in [0, 0.1) is 6.92 Å². The molecule has 0 aliphatic rings. The van der Waals surface area contributed by atoms with Gasteiger partial charge in [-0.3, -0.25) is 4.72 Å². The largest absolute Gasteiger partial charge is 0.392 e. The van der Waals surface area contributed by atoms with E-state index in [1.165, 1.54) is 6.07 Å². The monoisotopic (exact) mass is 355 g/mol. The first kappa shape index (κ1) is 15.0. The van der Waals surface area contributed by atoms with E-state index < -0.39 is 10.0 Å². The predicted octanol–water partition coefficient (Wildman–Crippen LogP) is 3.05. The first-order valence-corrected chi connectivity index (χ1v) is 8.20. The summed E-state index contributed by atoms with van der Waals surface area (Å²) in [4.78, 5) is 0.0851. The second-order valence-electron chi connectivity index (χ2n) is 4.28. The Morgan fingerprint density at radius 2 is 1.85 bits per heavy atom. The summed E-state index contributed by atoms with van der Waals surface area (Å²) in [5.41, 5.74) is 1.68. The van der Waals surface area contributed by atoms with Crippen molar-refractivity contribution in [1.29, 1.82) is 0 Å². The van der Waals surface area contributed by atoms with Gasteiger partial charge in [0.15, 0.2) is 0 Å². The molecule has 0 bridgehead atoms. The maximum Gasteiger partial charge on any atom is 0.262 e. The van der Waals surface area contributed by atoms with E-state index in [2.05, 4.69) is 20.7 Å². The van der Waals surface area contributed by atoms with E-state index in [-0.39, 0.29) is 11.5 Å². The second kappa shape index (κ2) is 5.95.